The standard InChI is InChI=1S/C44H28N4S/c1-2-10-27(11-3-1)47-35-16-8-4-13-29(35)40-36(47)19-20-37-41(40)31-23-26(25-18-21-39-30(22-25)28-12-5-9-17-38(28)49-39)24-32-42-44(48(37)43(31)32)46-34-15-7-6-14-33(34)45-42/h1-24,33-34,44,46H. The molecule has 0 amide bonds. The third-order valence-electron chi connectivity index (χ3n) is 11.0. The SMILES string of the molecule is C1=CC2N=C3c4cc(-c5ccc6sc7ccccc7c6c5)cc5c6c7c8ccccc8n(-c8ccccc8)c7ccc6n(c45)C3NC2C=C1. The Labute approximate surface area is 285 Å². The van der Waals surface area contributed by atoms with Crippen LogP contribution in [0.5, 0.6) is 0 Å². The van der Waals surface area contributed by atoms with E-state index >= 15 is 0 Å². The first-order chi connectivity index (χ1) is 24.3. The number of rotatable bonds is 2. The highest BCUT2D eigenvalue weighted by molar-refractivity contribution is 7.25. The Morgan fingerprint density at radius 1 is 0.592 bits per heavy atom. The number of benzene rings is 6. The summed E-state index contributed by atoms with van der Waals surface area (Å²) >= 11 is 1.87. The molecular weight excluding hydrogens is 617 g/mol. The van der Waals surface area contributed by atoms with Crippen molar-refractivity contribution in [2.24, 2.45) is 4.99 Å². The second-order valence-corrected chi connectivity index (χ2v) is 14.6. The van der Waals surface area contributed by atoms with Gasteiger partial charge in [-0.3, -0.25) is 10.3 Å². The van der Waals surface area contributed by atoms with Crippen molar-refractivity contribution in [1.29, 1.82) is 0 Å². The van der Waals surface area contributed by atoms with Crippen LogP contribution >= 0.6 is 11.3 Å². The second-order valence-electron chi connectivity index (χ2n) is 13.5. The molecule has 4 nitrogen and oxygen atoms in total. The minimum absolute atomic E-state index is 0.0362. The van der Waals surface area contributed by atoms with Crippen LogP contribution in [0.1, 0.15) is 11.7 Å². The number of thiophene rings is 1. The minimum Gasteiger partial charge on any atom is -0.318 e. The number of nitrogens with zero attached hydrogens (tertiary/aromatic N) is 3. The molecule has 230 valence electrons. The maximum atomic E-state index is 5.45. The van der Waals surface area contributed by atoms with E-state index in [1.165, 1.54) is 86.2 Å². The van der Waals surface area contributed by atoms with Crippen molar-refractivity contribution in [1.82, 2.24) is 14.5 Å². The van der Waals surface area contributed by atoms with Gasteiger partial charge in [0.15, 0.2) is 0 Å². The number of para-hydroxylation sites is 2. The van der Waals surface area contributed by atoms with Crippen LogP contribution in [0.3, 0.4) is 0 Å². The van der Waals surface area contributed by atoms with E-state index in [0.29, 0.717) is 0 Å². The van der Waals surface area contributed by atoms with Gasteiger partial charge in [-0.2, -0.15) is 0 Å². The lowest BCUT2D eigenvalue weighted by molar-refractivity contribution is 0.437. The number of hydrogen-bond donors (Lipinski definition) is 1. The van der Waals surface area contributed by atoms with Gasteiger partial charge in [0, 0.05) is 53.0 Å². The van der Waals surface area contributed by atoms with Gasteiger partial charge in [-0.15, -0.1) is 11.3 Å². The summed E-state index contributed by atoms with van der Waals surface area (Å²) in [5.74, 6) is 0. The summed E-state index contributed by atoms with van der Waals surface area (Å²) in [6.45, 7) is 0. The highest BCUT2D eigenvalue weighted by Gasteiger charge is 2.40. The van der Waals surface area contributed by atoms with Crippen LogP contribution in [0.25, 0.3) is 80.6 Å². The average Bonchev–Trinajstić information content (AvgIpc) is 3.89. The molecule has 49 heavy (non-hydrogen) atoms. The first-order valence-electron chi connectivity index (χ1n) is 17.0. The van der Waals surface area contributed by atoms with Gasteiger partial charge in [-0.25, -0.2) is 0 Å². The molecular formula is C44H28N4S. The molecule has 1 aliphatic carbocycles. The number of fused-ring (bicyclic) bond motifs is 14. The van der Waals surface area contributed by atoms with Crippen LogP contribution in [-0.4, -0.2) is 26.9 Å². The quantitative estimate of drug-likeness (QED) is 0.200. The Morgan fingerprint density at radius 2 is 1.35 bits per heavy atom. The maximum Gasteiger partial charge on any atom is 0.128 e. The van der Waals surface area contributed by atoms with Gasteiger partial charge in [-0.05, 0) is 71.8 Å². The summed E-state index contributed by atoms with van der Waals surface area (Å²) in [4.78, 5) is 5.45. The van der Waals surface area contributed by atoms with E-state index < -0.39 is 0 Å². The molecule has 3 atom stereocenters. The van der Waals surface area contributed by atoms with Crippen molar-refractivity contribution in [2.45, 2.75) is 18.2 Å². The molecule has 0 bridgehead atoms. The molecule has 6 aromatic carbocycles. The lowest BCUT2D eigenvalue weighted by Crippen LogP contribution is -2.47. The molecule has 3 aromatic heterocycles. The zero-order chi connectivity index (χ0) is 31.8. The Morgan fingerprint density at radius 3 is 2.29 bits per heavy atom. The highest BCUT2D eigenvalue weighted by Crippen LogP contribution is 2.48. The Kier molecular flexibility index (Phi) is 5.06. The van der Waals surface area contributed by atoms with Crippen LogP contribution in [0.4, 0.5) is 0 Å². The number of allylic oxidation sites excluding steroid dienone is 2. The summed E-state index contributed by atoms with van der Waals surface area (Å²) in [5.41, 5.74) is 11.0. The van der Waals surface area contributed by atoms with Crippen molar-refractivity contribution < 1.29 is 0 Å². The summed E-state index contributed by atoms with van der Waals surface area (Å²) in [6.07, 6.45) is 8.72. The highest BCUT2D eigenvalue weighted by atomic mass is 32.1. The molecule has 0 radical (unpaired) electrons. The molecule has 0 fully saturated rings. The third-order valence-corrected chi connectivity index (χ3v) is 12.1. The molecule has 3 unspecified atom stereocenters. The Hall–Kier alpha value is -5.75. The molecule has 3 aliphatic rings. The molecule has 2 aliphatic heterocycles. The van der Waals surface area contributed by atoms with Gasteiger partial charge >= 0.3 is 0 Å². The fraction of sp³-hybridized carbons (Fsp3) is 0.0682. The van der Waals surface area contributed by atoms with Crippen molar-refractivity contribution in [2.75, 3.05) is 0 Å². The van der Waals surface area contributed by atoms with Crippen LogP contribution in [0.15, 0.2) is 151 Å². The zero-order valence-electron chi connectivity index (χ0n) is 26.3. The molecule has 5 heteroatoms. The van der Waals surface area contributed by atoms with E-state index in [-0.39, 0.29) is 18.2 Å². The molecule has 5 heterocycles. The van der Waals surface area contributed by atoms with Gasteiger partial charge in [0.1, 0.15) is 6.17 Å². The van der Waals surface area contributed by atoms with E-state index in [4.69, 9.17) is 4.99 Å². The maximum absolute atomic E-state index is 5.45. The van der Waals surface area contributed by atoms with Crippen LogP contribution < -0.4 is 5.32 Å². The number of aliphatic imine (C=N–C) groups is 1. The monoisotopic (exact) mass is 644 g/mol. The zero-order valence-corrected chi connectivity index (χ0v) is 27.2. The first-order valence-corrected chi connectivity index (χ1v) is 17.8. The van der Waals surface area contributed by atoms with Gasteiger partial charge in [0.25, 0.3) is 0 Å². The predicted octanol–water partition coefficient (Wildman–Crippen LogP) is 10.7. The van der Waals surface area contributed by atoms with Crippen molar-refractivity contribution >= 4 is 80.8 Å². The van der Waals surface area contributed by atoms with Crippen molar-refractivity contribution in [3.8, 4) is 16.8 Å². The van der Waals surface area contributed by atoms with Crippen molar-refractivity contribution in [3.63, 3.8) is 0 Å². The molecule has 12 rings (SSSR count). The predicted molar refractivity (Wildman–Crippen MR) is 207 cm³/mol. The van der Waals surface area contributed by atoms with E-state index in [2.05, 4.69) is 160 Å². The molecule has 9 aromatic rings. The lowest BCUT2D eigenvalue weighted by atomic mass is 9.93. The smallest absolute Gasteiger partial charge is 0.128 e. The van der Waals surface area contributed by atoms with Crippen LogP contribution in [-0.2, 0) is 0 Å². The molecule has 0 spiro atoms. The molecule has 0 saturated heterocycles. The molecule has 0 saturated carbocycles. The van der Waals surface area contributed by atoms with E-state index in [1.807, 2.05) is 11.3 Å². The Bertz CT molecular complexity index is 2990. The van der Waals surface area contributed by atoms with Gasteiger partial charge in [0.05, 0.1) is 39.9 Å². The third kappa shape index (κ3) is 3.43. The summed E-state index contributed by atoms with van der Waals surface area (Å²) in [6, 6.07) is 45.2. The Balaban J connectivity index is 1.22. The summed E-state index contributed by atoms with van der Waals surface area (Å²) < 4.78 is 7.62. The summed E-state index contributed by atoms with van der Waals surface area (Å²) in [7, 11) is 0. The summed E-state index contributed by atoms with van der Waals surface area (Å²) in [5, 5.41) is 11.8. The number of aromatic nitrogens is 2. The largest absolute Gasteiger partial charge is 0.318 e. The van der Waals surface area contributed by atoms with Crippen molar-refractivity contribution in [3.05, 3.63) is 151 Å². The fourth-order valence-electron chi connectivity index (χ4n) is 8.90. The van der Waals surface area contributed by atoms with Gasteiger partial charge in [-0.1, -0.05) is 85.0 Å². The van der Waals surface area contributed by atoms with Crippen LogP contribution in [0.2, 0.25) is 0 Å². The topological polar surface area (TPSA) is 34.2 Å². The normalized spacial score (nSPS) is 19.5. The number of nitrogens with one attached hydrogen (secondary N) is 1. The van der Waals surface area contributed by atoms with Gasteiger partial charge < -0.3 is 9.13 Å². The van der Waals surface area contributed by atoms with E-state index in [1.54, 1.807) is 0 Å². The first kappa shape index (κ1) is 26.2. The van der Waals surface area contributed by atoms with E-state index in [0.717, 1.165) is 5.71 Å². The van der Waals surface area contributed by atoms with Gasteiger partial charge in [0.2, 0.25) is 0 Å². The average molecular weight is 645 g/mol. The lowest BCUT2D eigenvalue weighted by Gasteiger charge is -2.33. The second kappa shape index (κ2) is 9.44. The van der Waals surface area contributed by atoms with Crippen LogP contribution in [0, 0.1) is 0 Å². The van der Waals surface area contributed by atoms with E-state index in [9.17, 15) is 0 Å². The molecule has 1 N–H and O–H groups in total. The minimum atomic E-state index is -0.0362. The number of hydrogen-bond acceptors (Lipinski definition) is 3. The fourth-order valence-corrected chi connectivity index (χ4v) is 9.98.